The topological polar surface area (TPSA) is 93.7 Å². The van der Waals surface area contributed by atoms with Crippen molar-refractivity contribution < 1.29 is 19.1 Å². The largest absolute Gasteiger partial charge is 0.493 e. The molecule has 2 aromatic carbocycles. The highest BCUT2D eigenvalue weighted by Crippen LogP contribution is 2.35. The number of hydrogen-bond acceptors (Lipinski definition) is 6. The van der Waals surface area contributed by atoms with E-state index in [4.69, 9.17) is 9.47 Å². The van der Waals surface area contributed by atoms with Gasteiger partial charge in [0.05, 0.1) is 20.4 Å². The second kappa shape index (κ2) is 11.7. The monoisotopic (exact) mass is 488 g/mol. The van der Waals surface area contributed by atoms with Crippen LogP contribution in [0.15, 0.2) is 61.1 Å². The number of nitrogens with zero attached hydrogens (tertiary/aromatic N) is 3. The lowest BCUT2D eigenvalue weighted by Gasteiger charge is -2.33. The smallest absolute Gasteiger partial charge is 0.279 e. The van der Waals surface area contributed by atoms with Crippen molar-refractivity contribution in [3.05, 3.63) is 77.9 Å². The number of ether oxygens (including phenoxy) is 2. The van der Waals surface area contributed by atoms with Crippen LogP contribution in [0.1, 0.15) is 59.8 Å². The fraction of sp³-hybridized carbons (Fsp3) is 0.357. The zero-order valence-electron chi connectivity index (χ0n) is 20.9. The summed E-state index contributed by atoms with van der Waals surface area (Å²) in [5.74, 6) is 0.330. The van der Waals surface area contributed by atoms with Crippen molar-refractivity contribution in [2.75, 3.05) is 19.1 Å². The Kier molecular flexibility index (Phi) is 8.15. The SMILES string of the molecule is COc1ccc(C(C(=O)NC2CCCCC2)N(C(=O)c2cnccn2)c2cccc(C)c2)cc1OC. The summed E-state index contributed by atoms with van der Waals surface area (Å²) < 4.78 is 10.9. The Morgan fingerprint density at radius 1 is 1.00 bits per heavy atom. The molecule has 1 aromatic heterocycles. The molecule has 1 fully saturated rings. The summed E-state index contributed by atoms with van der Waals surface area (Å²) in [7, 11) is 3.10. The van der Waals surface area contributed by atoms with E-state index in [1.807, 2.05) is 31.2 Å². The van der Waals surface area contributed by atoms with Crippen LogP contribution in [0.2, 0.25) is 0 Å². The highest BCUT2D eigenvalue weighted by Gasteiger charge is 2.36. The van der Waals surface area contributed by atoms with Crippen molar-refractivity contribution >= 4 is 17.5 Å². The quantitative estimate of drug-likeness (QED) is 0.497. The molecule has 8 nitrogen and oxygen atoms in total. The van der Waals surface area contributed by atoms with Crippen LogP contribution in [0, 0.1) is 6.92 Å². The summed E-state index contributed by atoms with van der Waals surface area (Å²) in [5.41, 5.74) is 2.29. The van der Waals surface area contributed by atoms with E-state index in [-0.39, 0.29) is 17.6 Å². The number of aromatic nitrogens is 2. The number of hydrogen-bond donors (Lipinski definition) is 1. The zero-order chi connectivity index (χ0) is 25.5. The van der Waals surface area contributed by atoms with Gasteiger partial charge in [0.25, 0.3) is 5.91 Å². The molecule has 0 radical (unpaired) electrons. The number of amides is 2. The maximum Gasteiger partial charge on any atom is 0.279 e. The van der Waals surface area contributed by atoms with Gasteiger partial charge in [-0.25, -0.2) is 4.98 Å². The number of methoxy groups -OCH3 is 2. The third-order valence-corrected chi connectivity index (χ3v) is 6.46. The number of nitrogens with one attached hydrogen (secondary N) is 1. The lowest BCUT2D eigenvalue weighted by atomic mass is 9.94. The van der Waals surface area contributed by atoms with Crippen LogP contribution in [0.25, 0.3) is 0 Å². The molecule has 4 rings (SSSR count). The highest BCUT2D eigenvalue weighted by atomic mass is 16.5. The predicted octanol–water partition coefficient (Wildman–Crippen LogP) is 4.64. The second-order valence-electron chi connectivity index (χ2n) is 8.97. The van der Waals surface area contributed by atoms with Crippen molar-refractivity contribution in [1.82, 2.24) is 15.3 Å². The van der Waals surface area contributed by atoms with E-state index in [1.165, 1.54) is 29.9 Å². The third-order valence-electron chi connectivity index (χ3n) is 6.46. The van der Waals surface area contributed by atoms with E-state index in [2.05, 4.69) is 15.3 Å². The van der Waals surface area contributed by atoms with Crippen LogP contribution in [-0.2, 0) is 4.79 Å². The van der Waals surface area contributed by atoms with Gasteiger partial charge >= 0.3 is 0 Å². The van der Waals surface area contributed by atoms with Crippen LogP contribution in [-0.4, -0.2) is 42.0 Å². The van der Waals surface area contributed by atoms with Crippen molar-refractivity contribution in [3.8, 4) is 11.5 Å². The first-order chi connectivity index (χ1) is 17.5. The van der Waals surface area contributed by atoms with E-state index in [0.717, 1.165) is 31.2 Å². The predicted molar refractivity (Wildman–Crippen MR) is 137 cm³/mol. The van der Waals surface area contributed by atoms with Crippen molar-refractivity contribution in [3.63, 3.8) is 0 Å². The molecular formula is C28H32N4O4. The second-order valence-corrected chi connectivity index (χ2v) is 8.97. The molecule has 36 heavy (non-hydrogen) atoms. The molecule has 8 heteroatoms. The first-order valence-corrected chi connectivity index (χ1v) is 12.2. The Bertz CT molecular complexity index is 1200. The van der Waals surface area contributed by atoms with Crippen LogP contribution in [0.5, 0.6) is 11.5 Å². The molecule has 0 spiro atoms. The van der Waals surface area contributed by atoms with Crippen molar-refractivity contribution in [2.24, 2.45) is 0 Å². The number of anilines is 1. The van der Waals surface area contributed by atoms with Gasteiger partial charge in [0, 0.05) is 24.1 Å². The Morgan fingerprint density at radius 3 is 2.44 bits per heavy atom. The number of aryl methyl sites for hydroxylation is 1. The van der Waals surface area contributed by atoms with Crippen LogP contribution in [0.3, 0.4) is 0 Å². The van der Waals surface area contributed by atoms with E-state index in [1.54, 1.807) is 32.4 Å². The number of benzene rings is 2. The van der Waals surface area contributed by atoms with Crippen molar-refractivity contribution in [1.29, 1.82) is 0 Å². The molecule has 2 amide bonds. The fourth-order valence-electron chi connectivity index (χ4n) is 4.66. The van der Waals surface area contributed by atoms with Gasteiger partial charge in [-0.1, -0.05) is 37.5 Å². The summed E-state index contributed by atoms with van der Waals surface area (Å²) in [6.45, 7) is 1.95. The number of rotatable bonds is 8. The molecule has 0 aliphatic heterocycles. The van der Waals surface area contributed by atoms with Crippen LogP contribution >= 0.6 is 0 Å². The summed E-state index contributed by atoms with van der Waals surface area (Å²) in [6.07, 6.45) is 9.56. The van der Waals surface area contributed by atoms with E-state index in [0.29, 0.717) is 22.7 Å². The lowest BCUT2D eigenvalue weighted by Crippen LogP contribution is -2.47. The maximum absolute atomic E-state index is 14.0. The average Bonchev–Trinajstić information content (AvgIpc) is 2.92. The van der Waals surface area contributed by atoms with Gasteiger partial charge in [-0.15, -0.1) is 0 Å². The molecule has 1 atom stereocenters. The molecule has 1 aliphatic carbocycles. The first kappa shape index (κ1) is 25.2. The molecule has 1 aliphatic rings. The molecule has 3 aromatic rings. The normalized spacial score (nSPS) is 14.5. The van der Waals surface area contributed by atoms with Gasteiger partial charge in [-0.3, -0.25) is 19.5 Å². The van der Waals surface area contributed by atoms with Gasteiger partial charge in [-0.2, -0.15) is 0 Å². The minimum Gasteiger partial charge on any atom is -0.493 e. The zero-order valence-corrected chi connectivity index (χ0v) is 20.9. The molecule has 1 saturated carbocycles. The highest BCUT2D eigenvalue weighted by molar-refractivity contribution is 6.09. The average molecular weight is 489 g/mol. The molecular weight excluding hydrogens is 456 g/mol. The molecule has 0 bridgehead atoms. The molecule has 1 N–H and O–H groups in total. The minimum absolute atomic E-state index is 0.0693. The van der Waals surface area contributed by atoms with Gasteiger partial charge in [-0.05, 0) is 55.2 Å². The fourth-order valence-corrected chi connectivity index (χ4v) is 4.66. The molecule has 188 valence electrons. The van der Waals surface area contributed by atoms with Crippen molar-refractivity contribution in [2.45, 2.75) is 51.1 Å². The molecule has 1 unspecified atom stereocenters. The number of carbonyl (C=O) groups excluding carboxylic acids is 2. The third kappa shape index (κ3) is 5.64. The number of carbonyl (C=O) groups is 2. The Labute approximate surface area is 211 Å². The van der Waals surface area contributed by atoms with Gasteiger partial charge in [0.2, 0.25) is 5.91 Å². The minimum atomic E-state index is -0.969. The molecule has 0 saturated heterocycles. The first-order valence-electron chi connectivity index (χ1n) is 12.2. The Morgan fingerprint density at radius 2 is 1.78 bits per heavy atom. The summed E-state index contributed by atoms with van der Waals surface area (Å²) >= 11 is 0. The standard InChI is InChI=1S/C28H32N4O4/c1-19-8-7-11-22(16-19)32(28(34)23-18-29-14-15-30-23)26(27(33)31-21-9-5-4-6-10-21)20-12-13-24(35-2)25(17-20)36-3/h7-8,11-18,21,26H,4-6,9-10H2,1-3H3,(H,31,33). The lowest BCUT2D eigenvalue weighted by molar-refractivity contribution is -0.123. The van der Waals surface area contributed by atoms with E-state index in [9.17, 15) is 9.59 Å². The van der Waals surface area contributed by atoms with Crippen LogP contribution in [0.4, 0.5) is 5.69 Å². The van der Waals surface area contributed by atoms with Gasteiger partial charge in [0.1, 0.15) is 11.7 Å². The van der Waals surface area contributed by atoms with Crippen LogP contribution < -0.4 is 19.7 Å². The van der Waals surface area contributed by atoms with Gasteiger partial charge < -0.3 is 14.8 Å². The summed E-state index contributed by atoms with van der Waals surface area (Å²) in [5, 5.41) is 3.21. The Balaban J connectivity index is 1.85. The van der Waals surface area contributed by atoms with E-state index >= 15 is 0 Å². The summed E-state index contributed by atoms with van der Waals surface area (Å²) in [6, 6.07) is 11.9. The van der Waals surface area contributed by atoms with E-state index < -0.39 is 11.9 Å². The van der Waals surface area contributed by atoms with Gasteiger partial charge in [0.15, 0.2) is 11.5 Å². The molecule has 1 heterocycles. The Hall–Kier alpha value is -3.94. The summed E-state index contributed by atoms with van der Waals surface area (Å²) in [4.78, 5) is 37.7. The maximum atomic E-state index is 14.0.